The van der Waals surface area contributed by atoms with E-state index in [-0.39, 0.29) is 21.3 Å². The average Bonchev–Trinajstić information content (AvgIpc) is 2.59. The SMILES string of the molecule is CC(C)(CC(O)(C(=O)Nc1cccc(Cl)c1Cl)C(F)(F)F)c1cc(F)ccc1O. The van der Waals surface area contributed by atoms with E-state index in [9.17, 15) is 32.6 Å². The van der Waals surface area contributed by atoms with Crippen molar-refractivity contribution in [2.75, 3.05) is 5.32 Å². The van der Waals surface area contributed by atoms with Gasteiger partial charge in [-0.05, 0) is 35.7 Å². The summed E-state index contributed by atoms with van der Waals surface area (Å²) in [5, 5.41) is 22.1. The highest BCUT2D eigenvalue weighted by Gasteiger charge is 2.61. The van der Waals surface area contributed by atoms with E-state index in [0.717, 1.165) is 18.2 Å². The summed E-state index contributed by atoms with van der Waals surface area (Å²) in [6.07, 6.45) is -6.59. The molecule has 2 aromatic carbocycles. The summed E-state index contributed by atoms with van der Waals surface area (Å²) in [6.45, 7) is 2.47. The molecule has 0 fully saturated rings. The number of hydrogen-bond donors (Lipinski definition) is 3. The zero-order valence-corrected chi connectivity index (χ0v) is 16.8. The van der Waals surface area contributed by atoms with Crippen LogP contribution in [0.3, 0.4) is 0 Å². The van der Waals surface area contributed by atoms with Crippen molar-refractivity contribution in [1.29, 1.82) is 0 Å². The van der Waals surface area contributed by atoms with Gasteiger partial charge in [-0.1, -0.05) is 43.1 Å². The van der Waals surface area contributed by atoms with Crippen molar-refractivity contribution in [2.24, 2.45) is 0 Å². The predicted molar refractivity (Wildman–Crippen MR) is 102 cm³/mol. The van der Waals surface area contributed by atoms with Gasteiger partial charge in [-0.25, -0.2) is 4.39 Å². The van der Waals surface area contributed by atoms with E-state index in [1.807, 2.05) is 5.32 Å². The van der Waals surface area contributed by atoms with Crippen molar-refractivity contribution in [3.05, 3.63) is 57.8 Å². The number of halogens is 6. The summed E-state index contributed by atoms with van der Waals surface area (Å²) in [7, 11) is 0. The molecule has 29 heavy (non-hydrogen) atoms. The molecule has 10 heteroatoms. The number of phenols is 1. The molecule has 0 bridgehead atoms. The van der Waals surface area contributed by atoms with Gasteiger partial charge < -0.3 is 15.5 Å². The number of hydrogen-bond acceptors (Lipinski definition) is 3. The van der Waals surface area contributed by atoms with Crippen LogP contribution in [0.5, 0.6) is 5.75 Å². The van der Waals surface area contributed by atoms with Gasteiger partial charge in [0.1, 0.15) is 11.6 Å². The maximum absolute atomic E-state index is 13.8. The van der Waals surface area contributed by atoms with E-state index in [1.165, 1.54) is 32.0 Å². The van der Waals surface area contributed by atoms with Gasteiger partial charge in [-0.15, -0.1) is 0 Å². The molecule has 1 amide bonds. The third-order valence-corrected chi connectivity index (χ3v) is 5.25. The van der Waals surface area contributed by atoms with Gasteiger partial charge in [-0.2, -0.15) is 13.2 Å². The fourth-order valence-electron chi connectivity index (χ4n) is 2.92. The molecule has 0 heterocycles. The Kier molecular flexibility index (Phi) is 6.42. The van der Waals surface area contributed by atoms with Crippen molar-refractivity contribution < 1.29 is 32.6 Å². The fraction of sp³-hybridized carbons (Fsp3) is 0.316. The maximum Gasteiger partial charge on any atom is 0.426 e. The lowest BCUT2D eigenvalue weighted by Gasteiger charge is -2.37. The molecular weight excluding hydrogens is 437 g/mol. The van der Waals surface area contributed by atoms with Crippen LogP contribution in [-0.4, -0.2) is 27.9 Å². The van der Waals surface area contributed by atoms with Gasteiger partial charge in [0.05, 0.1) is 15.7 Å². The average molecular weight is 454 g/mol. The first-order chi connectivity index (χ1) is 13.2. The number of nitrogens with one attached hydrogen (secondary N) is 1. The minimum Gasteiger partial charge on any atom is -0.508 e. The Morgan fingerprint density at radius 1 is 1.14 bits per heavy atom. The zero-order chi connectivity index (χ0) is 22.2. The Bertz CT molecular complexity index is 934. The Morgan fingerprint density at radius 3 is 2.34 bits per heavy atom. The lowest BCUT2D eigenvalue weighted by atomic mass is 9.74. The van der Waals surface area contributed by atoms with Crippen LogP contribution in [0.2, 0.25) is 10.0 Å². The van der Waals surface area contributed by atoms with Crippen LogP contribution in [0.25, 0.3) is 0 Å². The molecular formula is C19H17Cl2F4NO3. The van der Waals surface area contributed by atoms with Crippen LogP contribution < -0.4 is 5.32 Å². The molecule has 1 atom stereocenters. The number of phenolic OH excluding ortho intramolecular Hbond substituents is 1. The summed E-state index contributed by atoms with van der Waals surface area (Å²) in [5.74, 6) is -3.06. The molecule has 0 aliphatic rings. The molecule has 0 aliphatic heterocycles. The third kappa shape index (κ3) is 4.76. The second-order valence-electron chi connectivity index (χ2n) is 7.14. The number of benzene rings is 2. The zero-order valence-electron chi connectivity index (χ0n) is 15.2. The van der Waals surface area contributed by atoms with Crippen molar-refractivity contribution in [2.45, 2.75) is 37.5 Å². The van der Waals surface area contributed by atoms with Crippen molar-refractivity contribution in [3.63, 3.8) is 0 Å². The summed E-state index contributed by atoms with van der Waals surface area (Å²) in [4.78, 5) is 12.5. The highest BCUT2D eigenvalue weighted by Crippen LogP contribution is 2.44. The fourth-order valence-corrected chi connectivity index (χ4v) is 3.27. The smallest absolute Gasteiger partial charge is 0.426 e. The lowest BCUT2D eigenvalue weighted by Crippen LogP contribution is -2.57. The predicted octanol–water partition coefficient (Wildman–Crippen LogP) is 5.44. The number of alkyl halides is 3. The number of rotatable bonds is 5. The molecule has 0 saturated heterocycles. The van der Waals surface area contributed by atoms with Crippen molar-refractivity contribution >= 4 is 34.8 Å². The van der Waals surface area contributed by atoms with Gasteiger partial charge in [0.2, 0.25) is 5.60 Å². The Balaban J connectivity index is 2.45. The molecule has 2 aromatic rings. The molecule has 0 aromatic heterocycles. The third-order valence-electron chi connectivity index (χ3n) is 4.43. The molecule has 3 N–H and O–H groups in total. The van der Waals surface area contributed by atoms with E-state index >= 15 is 0 Å². The number of anilines is 1. The maximum atomic E-state index is 13.8. The molecule has 0 radical (unpaired) electrons. The molecule has 0 aliphatic carbocycles. The van der Waals surface area contributed by atoms with Crippen LogP contribution in [0.1, 0.15) is 25.8 Å². The van der Waals surface area contributed by atoms with Gasteiger partial charge in [-0.3, -0.25) is 4.79 Å². The second-order valence-corrected chi connectivity index (χ2v) is 7.92. The monoisotopic (exact) mass is 453 g/mol. The number of carbonyl (C=O) groups excluding carboxylic acids is 1. The minimum atomic E-state index is -5.39. The van der Waals surface area contributed by atoms with Crippen molar-refractivity contribution in [1.82, 2.24) is 0 Å². The molecule has 158 valence electrons. The minimum absolute atomic E-state index is 0.00923. The topological polar surface area (TPSA) is 69.6 Å². The van der Waals surface area contributed by atoms with E-state index < -0.39 is 41.1 Å². The van der Waals surface area contributed by atoms with Crippen molar-refractivity contribution in [3.8, 4) is 5.75 Å². The van der Waals surface area contributed by atoms with Gasteiger partial charge in [0.15, 0.2) is 0 Å². The number of amides is 1. The van der Waals surface area contributed by atoms with E-state index in [1.54, 1.807) is 0 Å². The highest BCUT2D eigenvalue weighted by atomic mass is 35.5. The Morgan fingerprint density at radius 2 is 1.76 bits per heavy atom. The second kappa shape index (κ2) is 8.01. The normalized spacial score (nSPS) is 14.4. The van der Waals surface area contributed by atoms with Gasteiger partial charge in [0.25, 0.3) is 5.91 Å². The molecule has 4 nitrogen and oxygen atoms in total. The standard InChI is InChI=1S/C19H17Cl2F4NO3/c1-17(2,11-8-10(22)6-7-14(11)27)9-18(29,19(23,24)25)16(28)26-13-5-3-4-12(20)15(13)21/h3-8,27,29H,9H2,1-2H3,(H,26,28). The van der Waals surface area contributed by atoms with E-state index in [0.29, 0.717) is 0 Å². The Hall–Kier alpha value is -2.03. The van der Waals surface area contributed by atoms with Gasteiger partial charge >= 0.3 is 6.18 Å². The quantitative estimate of drug-likeness (QED) is 0.528. The first-order valence-corrected chi connectivity index (χ1v) is 8.98. The van der Waals surface area contributed by atoms with E-state index in [4.69, 9.17) is 23.2 Å². The first kappa shape index (κ1) is 23.3. The van der Waals surface area contributed by atoms with E-state index in [2.05, 4.69) is 0 Å². The molecule has 2 rings (SSSR count). The summed E-state index contributed by atoms with van der Waals surface area (Å²) < 4.78 is 54.8. The van der Waals surface area contributed by atoms with Crippen LogP contribution in [0.4, 0.5) is 23.2 Å². The number of aromatic hydroxyl groups is 1. The Labute approximate surface area is 174 Å². The highest BCUT2D eigenvalue weighted by molar-refractivity contribution is 6.44. The summed E-state index contributed by atoms with van der Waals surface area (Å²) in [5.41, 5.74) is -5.95. The van der Waals surface area contributed by atoms with Crippen LogP contribution >= 0.6 is 23.2 Å². The van der Waals surface area contributed by atoms with Crippen LogP contribution in [-0.2, 0) is 10.2 Å². The van der Waals surface area contributed by atoms with Crippen LogP contribution in [0, 0.1) is 5.82 Å². The summed E-state index contributed by atoms with van der Waals surface area (Å²) >= 11 is 11.7. The molecule has 1 unspecified atom stereocenters. The van der Waals surface area contributed by atoms with Crippen LogP contribution in [0.15, 0.2) is 36.4 Å². The van der Waals surface area contributed by atoms with Gasteiger partial charge in [0, 0.05) is 12.0 Å². The molecule has 0 saturated carbocycles. The number of carbonyl (C=O) groups is 1. The number of aliphatic hydroxyl groups is 1. The largest absolute Gasteiger partial charge is 0.508 e. The summed E-state index contributed by atoms with van der Waals surface area (Å²) in [6, 6.07) is 6.68. The lowest BCUT2D eigenvalue weighted by molar-refractivity contribution is -0.254. The molecule has 0 spiro atoms. The first-order valence-electron chi connectivity index (χ1n) is 8.22.